The fourth-order valence-electron chi connectivity index (χ4n) is 1.92. The number of anilines is 1. The standard InChI is InChI=1S/C11H10F3NO4S/c12-11(13)19-8-3-1-7(2-4-8)15-6-9(5-10(15)16)20(14,17)18/h1-4,9,11H,5-6H2. The summed E-state index contributed by atoms with van der Waals surface area (Å²) in [5.74, 6) is -0.635. The molecule has 0 spiro atoms. The topological polar surface area (TPSA) is 63.7 Å². The third-order valence-corrected chi connectivity index (χ3v) is 3.97. The third-order valence-electron chi connectivity index (χ3n) is 2.86. The minimum Gasteiger partial charge on any atom is -0.435 e. The Hall–Kier alpha value is -1.77. The molecular formula is C11H10F3NO4S. The van der Waals surface area contributed by atoms with Crippen molar-refractivity contribution in [2.75, 3.05) is 11.4 Å². The summed E-state index contributed by atoms with van der Waals surface area (Å²) in [7, 11) is -4.79. The van der Waals surface area contributed by atoms with E-state index in [2.05, 4.69) is 4.74 Å². The molecule has 0 aliphatic carbocycles. The first-order chi connectivity index (χ1) is 9.27. The van der Waals surface area contributed by atoms with Crippen molar-refractivity contribution in [1.29, 1.82) is 0 Å². The van der Waals surface area contributed by atoms with Crippen molar-refractivity contribution < 1.29 is 30.6 Å². The van der Waals surface area contributed by atoms with Gasteiger partial charge >= 0.3 is 16.8 Å². The number of ether oxygens (including phenoxy) is 1. The Kier molecular flexibility index (Phi) is 3.89. The van der Waals surface area contributed by atoms with E-state index in [4.69, 9.17) is 0 Å². The van der Waals surface area contributed by atoms with Crippen LogP contribution in [0.15, 0.2) is 24.3 Å². The van der Waals surface area contributed by atoms with Crippen molar-refractivity contribution in [3.05, 3.63) is 24.3 Å². The Balaban J connectivity index is 2.14. The quantitative estimate of drug-likeness (QED) is 0.794. The number of hydrogen-bond acceptors (Lipinski definition) is 4. The van der Waals surface area contributed by atoms with E-state index in [0.717, 1.165) is 4.90 Å². The molecule has 2 rings (SSSR count). The van der Waals surface area contributed by atoms with Crippen LogP contribution in [0.4, 0.5) is 18.4 Å². The molecule has 1 unspecified atom stereocenters. The molecule has 1 saturated heterocycles. The van der Waals surface area contributed by atoms with Crippen LogP contribution in [0.1, 0.15) is 6.42 Å². The van der Waals surface area contributed by atoms with Crippen LogP contribution in [0, 0.1) is 0 Å². The number of halogens is 3. The summed E-state index contributed by atoms with van der Waals surface area (Å²) < 4.78 is 62.5. The Bertz CT molecular complexity index is 603. The van der Waals surface area contributed by atoms with Crippen LogP contribution < -0.4 is 9.64 Å². The summed E-state index contributed by atoms with van der Waals surface area (Å²) >= 11 is 0. The lowest BCUT2D eigenvalue weighted by Gasteiger charge is -2.16. The van der Waals surface area contributed by atoms with Gasteiger partial charge in [-0.25, -0.2) is 0 Å². The number of carbonyl (C=O) groups is 1. The second-order valence-electron chi connectivity index (χ2n) is 4.18. The minimum absolute atomic E-state index is 0.0925. The molecule has 0 saturated carbocycles. The number of rotatable bonds is 4. The predicted molar refractivity (Wildman–Crippen MR) is 63.9 cm³/mol. The first-order valence-corrected chi connectivity index (χ1v) is 7.01. The zero-order valence-electron chi connectivity index (χ0n) is 10.0. The molecule has 1 fully saturated rings. The number of amides is 1. The Morgan fingerprint density at radius 3 is 2.30 bits per heavy atom. The molecule has 5 nitrogen and oxygen atoms in total. The summed E-state index contributed by atoms with van der Waals surface area (Å²) in [5, 5.41) is -1.40. The number of alkyl halides is 2. The van der Waals surface area contributed by atoms with Gasteiger partial charge in [0.1, 0.15) is 11.0 Å². The maximum absolute atomic E-state index is 12.9. The smallest absolute Gasteiger partial charge is 0.387 e. The second kappa shape index (κ2) is 5.31. The van der Waals surface area contributed by atoms with Gasteiger partial charge in [-0.2, -0.15) is 17.2 Å². The molecule has 1 atom stereocenters. The lowest BCUT2D eigenvalue weighted by molar-refractivity contribution is -0.117. The van der Waals surface area contributed by atoms with Crippen LogP contribution in [0.5, 0.6) is 5.75 Å². The zero-order chi connectivity index (χ0) is 14.9. The molecule has 9 heteroatoms. The SMILES string of the molecule is O=C1CC(S(=O)(=O)F)CN1c1ccc(OC(F)F)cc1. The Morgan fingerprint density at radius 1 is 1.25 bits per heavy atom. The van der Waals surface area contributed by atoms with Crippen LogP contribution in [-0.2, 0) is 15.0 Å². The van der Waals surface area contributed by atoms with Crippen molar-refractivity contribution in [1.82, 2.24) is 0 Å². The Labute approximate surface area is 113 Å². The van der Waals surface area contributed by atoms with E-state index in [1.807, 2.05) is 0 Å². The predicted octanol–water partition coefficient (Wildman–Crippen LogP) is 1.69. The molecule has 0 radical (unpaired) electrons. The number of nitrogens with zero attached hydrogens (tertiary/aromatic N) is 1. The fourth-order valence-corrected chi connectivity index (χ4v) is 2.59. The van der Waals surface area contributed by atoms with Gasteiger partial charge in [0, 0.05) is 18.7 Å². The highest BCUT2D eigenvalue weighted by Gasteiger charge is 2.39. The number of benzene rings is 1. The van der Waals surface area contributed by atoms with Crippen molar-refractivity contribution in [3.8, 4) is 5.75 Å². The van der Waals surface area contributed by atoms with E-state index in [1.54, 1.807) is 0 Å². The van der Waals surface area contributed by atoms with Gasteiger partial charge in [-0.05, 0) is 24.3 Å². The molecule has 0 bridgehead atoms. The maximum Gasteiger partial charge on any atom is 0.387 e. The molecule has 1 amide bonds. The number of hydrogen-bond donors (Lipinski definition) is 0. The number of carbonyl (C=O) groups excluding carboxylic acids is 1. The molecule has 1 aliphatic heterocycles. The highest BCUT2D eigenvalue weighted by atomic mass is 32.3. The average Bonchev–Trinajstić information content (AvgIpc) is 2.71. The largest absolute Gasteiger partial charge is 0.435 e. The van der Waals surface area contributed by atoms with Gasteiger partial charge in [-0.3, -0.25) is 4.79 Å². The fraction of sp³-hybridized carbons (Fsp3) is 0.364. The summed E-state index contributed by atoms with van der Waals surface area (Å²) in [6, 6.07) is 5.07. The molecule has 1 aromatic carbocycles. The summed E-state index contributed by atoms with van der Waals surface area (Å²) in [6.07, 6.45) is -0.436. The zero-order valence-corrected chi connectivity index (χ0v) is 10.8. The van der Waals surface area contributed by atoms with E-state index in [-0.39, 0.29) is 12.3 Å². The molecule has 110 valence electrons. The molecule has 0 aromatic heterocycles. The second-order valence-corrected chi connectivity index (χ2v) is 5.80. The Morgan fingerprint density at radius 2 is 1.85 bits per heavy atom. The van der Waals surface area contributed by atoms with E-state index < -0.39 is 34.4 Å². The van der Waals surface area contributed by atoms with Crippen LogP contribution in [0.25, 0.3) is 0 Å². The van der Waals surface area contributed by atoms with Gasteiger partial charge in [0.2, 0.25) is 5.91 Å². The molecule has 0 N–H and O–H groups in total. The van der Waals surface area contributed by atoms with E-state index >= 15 is 0 Å². The van der Waals surface area contributed by atoms with Crippen molar-refractivity contribution in [2.24, 2.45) is 0 Å². The van der Waals surface area contributed by atoms with E-state index in [0.29, 0.717) is 5.69 Å². The first-order valence-electron chi connectivity index (χ1n) is 5.56. The van der Waals surface area contributed by atoms with Crippen molar-refractivity contribution in [2.45, 2.75) is 18.3 Å². The van der Waals surface area contributed by atoms with Gasteiger partial charge in [0.25, 0.3) is 0 Å². The van der Waals surface area contributed by atoms with Gasteiger partial charge in [-0.1, -0.05) is 0 Å². The molecule has 1 aliphatic rings. The normalized spacial score (nSPS) is 19.7. The lowest BCUT2D eigenvalue weighted by atomic mass is 10.3. The van der Waals surface area contributed by atoms with Crippen molar-refractivity contribution in [3.63, 3.8) is 0 Å². The van der Waals surface area contributed by atoms with E-state index in [1.165, 1.54) is 24.3 Å². The molecular weight excluding hydrogens is 299 g/mol. The summed E-state index contributed by atoms with van der Waals surface area (Å²) in [6.45, 7) is -3.26. The average molecular weight is 309 g/mol. The first kappa shape index (κ1) is 14.6. The minimum atomic E-state index is -4.79. The summed E-state index contributed by atoms with van der Waals surface area (Å²) in [4.78, 5) is 12.7. The summed E-state index contributed by atoms with van der Waals surface area (Å²) in [5.41, 5.74) is 0.294. The third kappa shape index (κ3) is 3.21. The van der Waals surface area contributed by atoms with Gasteiger partial charge < -0.3 is 9.64 Å². The van der Waals surface area contributed by atoms with Crippen LogP contribution in [0.3, 0.4) is 0 Å². The monoisotopic (exact) mass is 309 g/mol. The van der Waals surface area contributed by atoms with Gasteiger partial charge in [0.15, 0.2) is 0 Å². The van der Waals surface area contributed by atoms with Gasteiger partial charge in [0.05, 0.1) is 0 Å². The van der Waals surface area contributed by atoms with Crippen LogP contribution >= 0.6 is 0 Å². The molecule has 1 heterocycles. The van der Waals surface area contributed by atoms with Gasteiger partial charge in [-0.15, -0.1) is 3.89 Å². The molecule has 20 heavy (non-hydrogen) atoms. The van der Waals surface area contributed by atoms with Crippen molar-refractivity contribution >= 4 is 21.8 Å². The van der Waals surface area contributed by atoms with E-state index in [9.17, 15) is 25.9 Å². The van der Waals surface area contributed by atoms with Crippen LogP contribution in [-0.4, -0.2) is 32.7 Å². The lowest BCUT2D eigenvalue weighted by Crippen LogP contribution is -2.26. The molecule has 1 aromatic rings. The van der Waals surface area contributed by atoms with Crippen LogP contribution in [0.2, 0.25) is 0 Å². The highest BCUT2D eigenvalue weighted by Crippen LogP contribution is 2.27. The highest BCUT2D eigenvalue weighted by molar-refractivity contribution is 7.87. The maximum atomic E-state index is 12.9.